The van der Waals surface area contributed by atoms with E-state index in [2.05, 4.69) is 38.3 Å². The molecule has 0 bridgehead atoms. The summed E-state index contributed by atoms with van der Waals surface area (Å²) in [6.45, 7) is 7.53. The molecule has 0 amide bonds. The van der Waals surface area contributed by atoms with Crippen LogP contribution in [-0.2, 0) is 6.54 Å². The molecule has 1 aromatic carbocycles. The van der Waals surface area contributed by atoms with E-state index in [1.165, 1.54) is 0 Å². The van der Waals surface area contributed by atoms with Crippen molar-refractivity contribution in [2.75, 3.05) is 46.9 Å². The normalized spacial score (nSPS) is 16.0. The maximum atomic E-state index is 5.77. The zero-order chi connectivity index (χ0) is 20.9. The summed E-state index contributed by atoms with van der Waals surface area (Å²) < 4.78 is 18.6. The molecule has 1 unspecified atom stereocenters. The lowest BCUT2D eigenvalue weighted by Gasteiger charge is -2.38. The number of benzene rings is 1. The third-order valence-corrected chi connectivity index (χ3v) is 5.64. The van der Waals surface area contributed by atoms with E-state index in [-0.39, 0.29) is 18.4 Å². The van der Waals surface area contributed by atoms with Crippen molar-refractivity contribution in [1.29, 1.82) is 0 Å². The molecule has 2 aromatic heterocycles. The van der Waals surface area contributed by atoms with E-state index in [9.17, 15) is 0 Å². The van der Waals surface area contributed by atoms with Gasteiger partial charge in [0.2, 0.25) is 0 Å². The fourth-order valence-electron chi connectivity index (χ4n) is 4.03. The maximum absolute atomic E-state index is 5.77. The number of furan rings is 1. The summed E-state index contributed by atoms with van der Waals surface area (Å²) in [6, 6.07) is 9.56. The Kier molecular flexibility index (Phi) is 7.89. The summed E-state index contributed by atoms with van der Waals surface area (Å²) in [5.41, 5.74) is 0.984. The number of aromatic nitrogens is 4. The van der Waals surface area contributed by atoms with Gasteiger partial charge in [-0.2, -0.15) is 0 Å². The van der Waals surface area contributed by atoms with E-state index < -0.39 is 0 Å². The maximum Gasteiger partial charge on any atom is 0.173 e. The van der Waals surface area contributed by atoms with Crippen molar-refractivity contribution in [3.05, 3.63) is 53.7 Å². The summed E-state index contributed by atoms with van der Waals surface area (Å²) in [5, 5.41) is 12.7. The first-order valence-electron chi connectivity index (χ1n) is 10.2. The highest BCUT2D eigenvalue weighted by molar-refractivity contribution is 5.85. The van der Waals surface area contributed by atoms with Crippen molar-refractivity contribution in [3.63, 3.8) is 0 Å². The van der Waals surface area contributed by atoms with Crippen molar-refractivity contribution < 1.29 is 13.9 Å². The molecule has 0 saturated carbocycles. The molecule has 31 heavy (non-hydrogen) atoms. The lowest BCUT2D eigenvalue weighted by molar-refractivity contribution is 0.107. The fraction of sp³-hybridized carbons (Fsp3) is 0.476. The predicted molar refractivity (Wildman–Crippen MR) is 118 cm³/mol. The Morgan fingerprint density at radius 2 is 1.87 bits per heavy atom. The van der Waals surface area contributed by atoms with Gasteiger partial charge in [0, 0.05) is 31.7 Å². The third-order valence-electron chi connectivity index (χ3n) is 5.64. The van der Waals surface area contributed by atoms with E-state index in [1.54, 1.807) is 25.2 Å². The first-order valence-corrected chi connectivity index (χ1v) is 10.2. The zero-order valence-electron chi connectivity index (χ0n) is 18.1. The number of halogens is 1. The molecule has 0 N–H and O–H groups in total. The summed E-state index contributed by atoms with van der Waals surface area (Å²) >= 11 is 0. The molecule has 0 aliphatic carbocycles. The Labute approximate surface area is 188 Å². The van der Waals surface area contributed by atoms with Crippen LogP contribution in [0, 0.1) is 0 Å². The van der Waals surface area contributed by atoms with Gasteiger partial charge in [-0.3, -0.25) is 4.90 Å². The molecular weight excluding hydrogens is 420 g/mol. The van der Waals surface area contributed by atoms with E-state index >= 15 is 0 Å². The first kappa shape index (κ1) is 23.1. The molecular formula is C21H29ClN6O3. The van der Waals surface area contributed by atoms with Crippen LogP contribution in [-0.4, -0.2) is 77.0 Å². The van der Waals surface area contributed by atoms with Gasteiger partial charge >= 0.3 is 0 Å². The average molecular weight is 449 g/mol. The van der Waals surface area contributed by atoms with E-state index in [4.69, 9.17) is 13.9 Å². The third kappa shape index (κ3) is 4.84. The smallest absolute Gasteiger partial charge is 0.173 e. The van der Waals surface area contributed by atoms with Crippen molar-refractivity contribution in [3.8, 4) is 11.5 Å². The van der Waals surface area contributed by atoms with Crippen molar-refractivity contribution in [2.24, 2.45) is 0 Å². The summed E-state index contributed by atoms with van der Waals surface area (Å²) in [5.74, 6) is 2.95. The van der Waals surface area contributed by atoms with Crippen LogP contribution < -0.4 is 9.47 Å². The van der Waals surface area contributed by atoms with Crippen LogP contribution in [0.4, 0.5) is 0 Å². The molecule has 1 saturated heterocycles. The van der Waals surface area contributed by atoms with Gasteiger partial charge in [0.25, 0.3) is 0 Å². The number of ether oxygens (including phenoxy) is 2. The molecule has 4 rings (SSSR count). The van der Waals surface area contributed by atoms with Gasteiger partial charge in [0.1, 0.15) is 18.3 Å². The second-order valence-electron chi connectivity index (χ2n) is 7.23. The van der Waals surface area contributed by atoms with Gasteiger partial charge in [-0.15, -0.1) is 17.5 Å². The first-order chi connectivity index (χ1) is 14.7. The minimum atomic E-state index is -0.168. The van der Waals surface area contributed by atoms with E-state index in [1.807, 2.05) is 24.3 Å². The highest BCUT2D eigenvalue weighted by Gasteiger charge is 2.33. The van der Waals surface area contributed by atoms with Gasteiger partial charge in [0.15, 0.2) is 17.3 Å². The quantitative estimate of drug-likeness (QED) is 0.520. The Morgan fingerprint density at radius 1 is 1.06 bits per heavy atom. The standard InChI is InChI=1S/C21H28N6O3.ClH/c1-4-25-10-12-26(13-11-25)19(17-8-5-9-18(28-2)20(17)29-3)21-22-23-24-27(21)15-16-7-6-14-30-16;/h5-9,14,19H,4,10-13,15H2,1-3H3;1H. The Balaban J connectivity index is 0.00000272. The number of tetrazole rings is 1. The number of para-hydroxylation sites is 1. The van der Waals surface area contributed by atoms with Crippen LogP contribution in [0.3, 0.4) is 0 Å². The van der Waals surface area contributed by atoms with Crippen LogP contribution in [0.15, 0.2) is 41.0 Å². The summed E-state index contributed by atoms with van der Waals surface area (Å²) in [4.78, 5) is 4.86. The minimum absolute atomic E-state index is 0. The monoisotopic (exact) mass is 448 g/mol. The number of methoxy groups -OCH3 is 2. The minimum Gasteiger partial charge on any atom is -0.493 e. The van der Waals surface area contributed by atoms with Crippen molar-refractivity contribution in [2.45, 2.75) is 19.5 Å². The van der Waals surface area contributed by atoms with Crippen LogP contribution in [0.5, 0.6) is 11.5 Å². The molecule has 10 heteroatoms. The molecule has 3 heterocycles. The predicted octanol–water partition coefficient (Wildman–Crippen LogP) is 2.48. The Bertz CT molecular complexity index is 941. The van der Waals surface area contributed by atoms with Gasteiger partial charge in [-0.05, 0) is 35.2 Å². The fourth-order valence-corrected chi connectivity index (χ4v) is 4.03. The second kappa shape index (κ2) is 10.6. The van der Waals surface area contributed by atoms with Crippen molar-refractivity contribution in [1.82, 2.24) is 30.0 Å². The number of piperazine rings is 1. The largest absolute Gasteiger partial charge is 0.493 e. The SMILES string of the molecule is CCN1CCN(C(c2cccc(OC)c2OC)c2nnnn2Cc2ccco2)CC1.Cl. The molecule has 168 valence electrons. The van der Waals surface area contributed by atoms with Gasteiger partial charge < -0.3 is 18.8 Å². The van der Waals surface area contributed by atoms with E-state index in [0.29, 0.717) is 18.0 Å². The topological polar surface area (TPSA) is 81.7 Å². The average Bonchev–Trinajstić information content (AvgIpc) is 3.47. The molecule has 9 nitrogen and oxygen atoms in total. The number of rotatable bonds is 8. The molecule has 1 fully saturated rings. The second-order valence-corrected chi connectivity index (χ2v) is 7.23. The zero-order valence-corrected chi connectivity index (χ0v) is 18.9. The number of hydrogen-bond acceptors (Lipinski definition) is 8. The Morgan fingerprint density at radius 3 is 2.52 bits per heavy atom. The lowest BCUT2D eigenvalue weighted by Crippen LogP contribution is -2.48. The molecule has 0 radical (unpaired) electrons. The van der Waals surface area contributed by atoms with Gasteiger partial charge in [-0.1, -0.05) is 19.1 Å². The number of likely N-dealkylation sites (N-methyl/N-ethyl adjacent to an activating group) is 1. The number of nitrogens with zero attached hydrogens (tertiary/aromatic N) is 6. The van der Waals surface area contributed by atoms with Crippen LogP contribution in [0.25, 0.3) is 0 Å². The number of hydrogen-bond donors (Lipinski definition) is 0. The van der Waals surface area contributed by atoms with Gasteiger partial charge in [0.05, 0.1) is 20.5 Å². The molecule has 3 aromatic rings. The van der Waals surface area contributed by atoms with E-state index in [0.717, 1.165) is 49.9 Å². The lowest BCUT2D eigenvalue weighted by atomic mass is 10.0. The summed E-state index contributed by atoms with van der Waals surface area (Å²) in [7, 11) is 3.32. The van der Waals surface area contributed by atoms with Crippen LogP contribution in [0.2, 0.25) is 0 Å². The van der Waals surface area contributed by atoms with Crippen LogP contribution in [0.1, 0.15) is 30.1 Å². The van der Waals surface area contributed by atoms with Gasteiger partial charge in [-0.25, -0.2) is 4.68 Å². The highest BCUT2D eigenvalue weighted by atomic mass is 35.5. The molecule has 1 aliphatic rings. The van der Waals surface area contributed by atoms with Crippen LogP contribution >= 0.6 is 12.4 Å². The molecule has 0 spiro atoms. The van der Waals surface area contributed by atoms with Crippen molar-refractivity contribution >= 4 is 12.4 Å². The summed E-state index contributed by atoms with van der Waals surface area (Å²) in [6.07, 6.45) is 1.66. The Hall–Kier alpha value is -2.62. The molecule has 1 atom stereocenters. The molecule has 1 aliphatic heterocycles. The highest BCUT2D eigenvalue weighted by Crippen LogP contribution is 2.39.